The number of hydrogen-bond acceptors (Lipinski definition) is 4. The van der Waals surface area contributed by atoms with Crippen LogP contribution in [0.5, 0.6) is 0 Å². The van der Waals surface area contributed by atoms with Gasteiger partial charge in [0.25, 0.3) is 0 Å². The number of alkyl halides is 3. The van der Waals surface area contributed by atoms with E-state index in [0.29, 0.717) is 6.20 Å². The number of hydrogen-bond donors (Lipinski definition) is 1. The Balaban J connectivity index is 2.48. The Kier molecular flexibility index (Phi) is 2.66. The van der Waals surface area contributed by atoms with Crippen molar-refractivity contribution in [2.75, 3.05) is 5.73 Å². The van der Waals surface area contributed by atoms with Crippen LogP contribution in [0.15, 0.2) is 18.7 Å². The molecule has 5 nitrogen and oxygen atoms in total. The maximum atomic E-state index is 12.4. The summed E-state index contributed by atoms with van der Waals surface area (Å²) in [6.45, 7) is 0. The number of halogens is 4. The summed E-state index contributed by atoms with van der Waals surface area (Å²) < 4.78 is 38.0. The molecule has 0 atom stereocenters. The van der Waals surface area contributed by atoms with Crippen LogP contribution in [-0.4, -0.2) is 19.7 Å². The summed E-state index contributed by atoms with van der Waals surface area (Å²) in [5.74, 6) is 0.000463. The zero-order chi connectivity index (χ0) is 12.6. The molecule has 0 aromatic carbocycles. The average Bonchev–Trinajstić information content (AvgIpc) is 2.70. The normalized spacial score (nSPS) is 11.8. The number of nitrogen functional groups attached to an aromatic ring is 1. The first kappa shape index (κ1) is 11.6. The summed E-state index contributed by atoms with van der Waals surface area (Å²) in [6, 6.07) is 0. The molecule has 2 N–H and O–H groups in total. The Morgan fingerprint density at radius 1 is 1.29 bits per heavy atom. The lowest BCUT2D eigenvalue weighted by Gasteiger charge is -2.04. The van der Waals surface area contributed by atoms with Crippen LogP contribution < -0.4 is 5.73 Å². The van der Waals surface area contributed by atoms with Gasteiger partial charge in [0.15, 0.2) is 11.0 Å². The molecule has 9 heteroatoms. The highest BCUT2D eigenvalue weighted by molar-refractivity contribution is 6.32. The molecule has 0 fully saturated rings. The van der Waals surface area contributed by atoms with Crippen LogP contribution in [0.2, 0.25) is 5.15 Å². The summed E-state index contributed by atoms with van der Waals surface area (Å²) in [5.41, 5.74) is 4.60. The van der Waals surface area contributed by atoms with Crippen molar-refractivity contribution < 1.29 is 13.2 Å². The second-order valence-electron chi connectivity index (χ2n) is 3.07. The van der Waals surface area contributed by atoms with E-state index in [1.807, 2.05) is 0 Å². The molecule has 2 rings (SSSR count). The molecule has 0 aliphatic rings. The second kappa shape index (κ2) is 3.88. The maximum absolute atomic E-state index is 12.4. The predicted octanol–water partition coefficient (Wildman–Crippen LogP) is 1.92. The maximum Gasteiger partial charge on any atom is 0.419 e. The first-order valence-electron chi connectivity index (χ1n) is 4.28. The molecule has 0 saturated heterocycles. The van der Waals surface area contributed by atoms with Crippen LogP contribution in [0.25, 0.3) is 5.82 Å². The van der Waals surface area contributed by atoms with Gasteiger partial charge in [-0.3, -0.25) is 0 Å². The molecule has 0 aliphatic heterocycles. The fourth-order valence-corrected chi connectivity index (χ4v) is 1.26. The number of rotatable bonds is 1. The standard InChI is InChI=1S/C8H5ClF3N5/c9-6-5(13)7(15-3-14-6)17-2-4(1-16-17)8(10,11)12/h1-3H,13H2. The molecular weight excluding hydrogens is 259 g/mol. The van der Waals surface area contributed by atoms with E-state index in [1.54, 1.807) is 0 Å². The minimum atomic E-state index is -4.47. The van der Waals surface area contributed by atoms with E-state index in [2.05, 4.69) is 15.1 Å². The van der Waals surface area contributed by atoms with Gasteiger partial charge in [-0.25, -0.2) is 14.6 Å². The predicted molar refractivity (Wildman–Crippen MR) is 53.6 cm³/mol. The molecule has 17 heavy (non-hydrogen) atoms. The summed E-state index contributed by atoms with van der Waals surface area (Å²) in [7, 11) is 0. The van der Waals surface area contributed by atoms with Crippen molar-refractivity contribution in [3.63, 3.8) is 0 Å². The van der Waals surface area contributed by atoms with Gasteiger partial charge in [-0.15, -0.1) is 0 Å². The molecular formula is C8H5ClF3N5. The van der Waals surface area contributed by atoms with Crippen molar-refractivity contribution in [1.82, 2.24) is 19.7 Å². The molecule has 90 valence electrons. The monoisotopic (exact) mass is 263 g/mol. The molecule has 2 heterocycles. The fourth-order valence-electron chi connectivity index (χ4n) is 1.13. The Hall–Kier alpha value is -1.83. The van der Waals surface area contributed by atoms with E-state index >= 15 is 0 Å². The van der Waals surface area contributed by atoms with E-state index < -0.39 is 11.7 Å². The van der Waals surface area contributed by atoms with Gasteiger partial charge < -0.3 is 5.73 Å². The molecule has 0 radical (unpaired) electrons. The Labute approximate surface area is 98.0 Å². The lowest BCUT2D eigenvalue weighted by molar-refractivity contribution is -0.137. The highest BCUT2D eigenvalue weighted by Crippen LogP contribution is 2.30. The summed E-state index contributed by atoms with van der Waals surface area (Å²) >= 11 is 5.62. The lowest BCUT2D eigenvalue weighted by atomic mass is 10.3. The van der Waals surface area contributed by atoms with Crippen LogP contribution in [-0.2, 0) is 6.18 Å². The Morgan fingerprint density at radius 3 is 2.59 bits per heavy atom. The van der Waals surface area contributed by atoms with Crippen molar-refractivity contribution in [2.24, 2.45) is 0 Å². The van der Waals surface area contributed by atoms with Gasteiger partial charge in [-0.1, -0.05) is 11.6 Å². The molecule has 0 bridgehead atoms. The number of aromatic nitrogens is 4. The zero-order valence-corrected chi connectivity index (χ0v) is 8.87. The highest BCUT2D eigenvalue weighted by atomic mass is 35.5. The van der Waals surface area contributed by atoms with Crippen molar-refractivity contribution in [2.45, 2.75) is 6.18 Å². The minimum absolute atomic E-state index is 0.000463. The third-order valence-corrected chi connectivity index (χ3v) is 2.24. The molecule has 2 aromatic rings. The highest BCUT2D eigenvalue weighted by Gasteiger charge is 2.32. The van der Waals surface area contributed by atoms with Crippen LogP contribution in [0.3, 0.4) is 0 Å². The first-order chi connectivity index (χ1) is 7.89. The Morgan fingerprint density at radius 2 is 2.00 bits per heavy atom. The first-order valence-corrected chi connectivity index (χ1v) is 4.65. The molecule has 0 saturated carbocycles. The lowest BCUT2D eigenvalue weighted by Crippen LogP contribution is -2.06. The van der Waals surface area contributed by atoms with E-state index in [0.717, 1.165) is 17.2 Å². The van der Waals surface area contributed by atoms with E-state index in [1.165, 1.54) is 0 Å². The third-order valence-electron chi connectivity index (χ3n) is 1.94. The van der Waals surface area contributed by atoms with Gasteiger partial charge in [-0.2, -0.15) is 18.3 Å². The van der Waals surface area contributed by atoms with Crippen molar-refractivity contribution in [3.05, 3.63) is 29.4 Å². The van der Waals surface area contributed by atoms with Gasteiger partial charge in [0.05, 0.1) is 11.8 Å². The van der Waals surface area contributed by atoms with Crippen LogP contribution in [0, 0.1) is 0 Å². The third kappa shape index (κ3) is 2.16. The largest absolute Gasteiger partial charge is 0.419 e. The van der Waals surface area contributed by atoms with Gasteiger partial charge >= 0.3 is 6.18 Å². The van der Waals surface area contributed by atoms with E-state index in [-0.39, 0.29) is 16.7 Å². The number of nitrogens with zero attached hydrogens (tertiary/aromatic N) is 4. The van der Waals surface area contributed by atoms with Gasteiger partial charge in [-0.05, 0) is 0 Å². The topological polar surface area (TPSA) is 69.6 Å². The molecule has 0 spiro atoms. The summed E-state index contributed by atoms with van der Waals surface area (Å²) in [5, 5.41) is 3.48. The fraction of sp³-hybridized carbons (Fsp3) is 0.125. The van der Waals surface area contributed by atoms with Crippen molar-refractivity contribution in [3.8, 4) is 5.82 Å². The van der Waals surface area contributed by atoms with E-state index in [9.17, 15) is 13.2 Å². The minimum Gasteiger partial charge on any atom is -0.393 e. The van der Waals surface area contributed by atoms with Gasteiger partial charge in [0.1, 0.15) is 12.0 Å². The van der Waals surface area contributed by atoms with Crippen molar-refractivity contribution in [1.29, 1.82) is 0 Å². The quantitative estimate of drug-likeness (QED) is 0.798. The van der Waals surface area contributed by atoms with Crippen LogP contribution in [0.1, 0.15) is 5.56 Å². The van der Waals surface area contributed by atoms with E-state index in [4.69, 9.17) is 17.3 Å². The summed E-state index contributed by atoms with van der Waals surface area (Å²) in [4.78, 5) is 7.30. The summed E-state index contributed by atoms with van der Waals surface area (Å²) in [6.07, 6.45) is -1.93. The smallest absolute Gasteiger partial charge is 0.393 e. The SMILES string of the molecule is Nc1c(Cl)ncnc1-n1cc(C(F)(F)F)cn1. The van der Waals surface area contributed by atoms with Gasteiger partial charge in [0, 0.05) is 6.20 Å². The van der Waals surface area contributed by atoms with Crippen LogP contribution >= 0.6 is 11.6 Å². The molecule has 0 aliphatic carbocycles. The zero-order valence-electron chi connectivity index (χ0n) is 8.11. The Bertz CT molecular complexity index is 550. The average molecular weight is 264 g/mol. The van der Waals surface area contributed by atoms with Crippen LogP contribution in [0.4, 0.5) is 18.9 Å². The van der Waals surface area contributed by atoms with Crippen molar-refractivity contribution >= 4 is 17.3 Å². The number of nitrogens with two attached hydrogens (primary N) is 1. The molecule has 0 amide bonds. The molecule has 2 aromatic heterocycles. The molecule has 0 unspecified atom stereocenters. The number of anilines is 1. The van der Waals surface area contributed by atoms with Gasteiger partial charge in [0.2, 0.25) is 0 Å². The second-order valence-corrected chi connectivity index (χ2v) is 3.43.